The molecule has 2 aromatic rings. The summed E-state index contributed by atoms with van der Waals surface area (Å²) in [6.07, 6.45) is -0.838. The van der Waals surface area contributed by atoms with Crippen LogP contribution in [0.3, 0.4) is 0 Å². The molecule has 1 unspecified atom stereocenters. The Morgan fingerprint density at radius 1 is 1.04 bits per heavy atom. The van der Waals surface area contributed by atoms with Gasteiger partial charge < -0.3 is 20.5 Å². The van der Waals surface area contributed by atoms with Gasteiger partial charge in [-0.1, -0.05) is 48.5 Å². The van der Waals surface area contributed by atoms with E-state index in [2.05, 4.69) is 10.6 Å². The summed E-state index contributed by atoms with van der Waals surface area (Å²) >= 11 is 0. The number of aliphatic carboxylic acids is 1. The Labute approximate surface area is 156 Å². The fourth-order valence-corrected chi connectivity index (χ4v) is 3.23. The van der Waals surface area contributed by atoms with Crippen molar-refractivity contribution in [2.24, 2.45) is 0 Å². The molecule has 1 atom stereocenters. The number of ether oxygens (including phenoxy) is 1. The molecule has 0 aromatic heterocycles. The van der Waals surface area contributed by atoms with Gasteiger partial charge in [0, 0.05) is 19.4 Å². The van der Waals surface area contributed by atoms with Crippen LogP contribution < -0.4 is 10.6 Å². The first-order valence-corrected chi connectivity index (χ1v) is 8.56. The van der Waals surface area contributed by atoms with Gasteiger partial charge in [0.25, 0.3) is 0 Å². The average Bonchev–Trinajstić information content (AvgIpc) is 2.97. The molecule has 2 amide bonds. The van der Waals surface area contributed by atoms with Gasteiger partial charge in [-0.25, -0.2) is 9.59 Å². The molecule has 0 bridgehead atoms. The largest absolute Gasteiger partial charge is 0.480 e. The highest BCUT2D eigenvalue weighted by Gasteiger charge is 2.29. The topological polar surface area (TPSA) is 105 Å². The number of hydrogen-bond donors (Lipinski definition) is 3. The molecule has 0 heterocycles. The quantitative estimate of drug-likeness (QED) is 0.724. The zero-order chi connectivity index (χ0) is 19.4. The highest BCUT2D eigenvalue weighted by atomic mass is 16.5. The summed E-state index contributed by atoms with van der Waals surface area (Å²) in [6, 6.07) is 14.6. The molecule has 0 fully saturated rings. The molecule has 1 aliphatic carbocycles. The van der Waals surface area contributed by atoms with Crippen molar-refractivity contribution in [2.75, 3.05) is 13.2 Å². The Kier molecular flexibility index (Phi) is 5.40. The van der Waals surface area contributed by atoms with Crippen LogP contribution in [0.25, 0.3) is 11.1 Å². The monoisotopic (exact) mass is 368 g/mol. The first-order chi connectivity index (χ1) is 13.0. The maximum atomic E-state index is 12.1. The van der Waals surface area contributed by atoms with Gasteiger partial charge >= 0.3 is 12.1 Å². The average molecular weight is 368 g/mol. The number of rotatable bonds is 6. The Hall–Kier alpha value is -3.35. The van der Waals surface area contributed by atoms with Gasteiger partial charge in [0.1, 0.15) is 12.6 Å². The van der Waals surface area contributed by atoms with E-state index in [-0.39, 0.29) is 25.0 Å². The van der Waals surface area contributed by atoms with Crippen molar-refractivity contribution >= 4 is 18.0 Å². The van der Waals surface area contributed by atoms with Crippen LogP contribution in [0.15, 0.2) is 48.5 Å². The highest BCUT2D eigenvalue weighted by molar-refractivity contribution is 5.82. The number of alkyl carbamates (subject to hydrolysis) is 1. The van der Waals surface area contributed by atoms with Gasteiger partial charge in [0.15, 0.2) is 0 Å². The molecular formula is C20H20N2O5. The SMILES string of the molecule is CC(=O)NCC(NC(=O)OCC1c2ccccc2-c2ccccc21)C(=O)O. The molecule has 0 radical (unpaired) electrons. The molecule has 7 nitrogen and oxygen atoms in total. The van der Waals surface area contributed by atoms with E-state index in [1.54, 1.807) is 0 Å². The summed E-state index contributed by atoms with van der Waals surface area (Å²) in [7, 11) is 0. The molecule has 0 saturated carbocycles. The molecule has 2 aromatic carbocycles. The van der Waals surface area contributed by atoms with E-state index >= 15 is 0 Å². The van der Waals surface area contributed by atoms with Crippen LogP contribution in [-0.2, 0) is 14.3 Å². The Bertz CT molecular complexity index is 835. The number of nitrogens with one attached hydrogen (secondary N) is 2. The number of carboxylic acids is 1. The summed E-state index contributed by atoms with van der Waals surface area (Å²) in [5.41, 5.74) is 4.35. The maximum Gasteiger partial charge on any atom is 0.407 e. The van der Waals surface area contributed by atoms with E-state index in [0.717, 1.165) is 22.3 Å². The second-order valence-corrected chi connectivity index (χ2v) is 6.30. The first kappa shape index (κ1) is 18.4. The first-order valence-electron chi connectivity index (χ1n) is 8.56. The van der Waals surface area contributed by atoms with Gasteiger partial charge in [0.2, 0.25) is 5.91 Å². The number of fused-ring (bicyclic) bond motifs is 3. The minimum Gasteiger partial charge on any atom is -0.480 e. The van der Waals surface area contributed by atoms with Gasteiger partial charge in [-0.2, -0.15) is 0 Å². The lowest BCUT2D eigenvalue weighted by Crippen LogP contribution is -2.48. The van der Waals surface area contributed by atoms with Crippen molar-refractivity contribution < 1.29 is 24.2 Å². The number of carbonyl (C=O) groups is 3. The van der Waals surface area contributed by atoms with Crippen LogP contribution in [0.4, 0.5) is 4.79 Å². The molecular weight excluding hydrogens is 348 g/mol. The van der Waals surface area contributed by atoms with Crippen molar-refractivity contribution in [3.8, 4) is 11.1 Å². The molecule has 0 saturated heterocycles. The standard InChI is InChI=1S/C20H20N2O5/c1-12(23)21-10-18(19(24)25)22-20(26)27-11-17-15-8-4-2-6-13(15)14-7-3-5-9-16(14)17/h2-9,17-18H,10-11H2,1H3,(H,21,23)(H,22,26)(H,24,25). The van der Waals surface area contributed by atoms with Crippen molar-refractivity contribution in [3.63, 3.8) is 0 Å². The zero-order valence-electron chi connectivity index (χ0n) is 14.8. The summed E-state index contributed by atoms with van der Waals surface area (Å²) < 4.78 is 5.30. The Morgan fingerprint density at radius 2 is 1.59 bits per heavy atom. The molecule has 0 aliphatic heterocycles. The number of carbonyl (C=O) groups excluding carboxylic acids is 2. The number of amides is 2. The van der Waals surface area contributed by atoms with E-state index in [1.165, 1.54) is 6.92 Å². The van der Waals surface area contributed by atoms with Crippen LogP contribution in [0.5, 0.6) is 0 Å². The van der Waals surface area contributed by atoms with Crippen LogP contribution in [0, 0.1) is 0 Å². The lowest BCUT2D eigenvalue weighted by Gasteiger charge is -2.17. The Balaban J connectivity index is 1.67. The molecule has 3 N–H and O–H groups in total. The predicted molar refractivity (Wildman–Crippen MR) is 98.3 cm³/mol. The minimum absolute atomic E-state index is 0.0896. The van der Waals surface area contributed by atoms with Crippen molar-refractivity contribution in [1.29, 1.82) is 0 Å². The number of carboxylic acid groups (broad SMARTS) is 1. The van der Waals surface area contributed by atoms with Crippen molar-refractivity contribution in [3.05, 3.63) is 59.7 Å². The molecule has 7 heteroatoms. The second kappa shape index (κ2) is 7.90. The smallest absolute Gasteiger partial charge is 0.407 e. The third-order valence-corrected chi connectivity index (χ3v) is 4.49. The van der Waals surface area contributed by atoms with E-state index in [1.807, 2.05) is 48.5 Å². The van der Waals surface area contributed by atoms with Gasteiger partial charge in [-0.05, 0) is 22.3 Å². The van der Waals surface area contributed by atoms with Crippen molar-refractivity contribution in [1.82, 2.24) is 10.6 Å². The second-order valence-electron chi connectivity index (χ2n) is 6.30. The summed E-state index contributed by atoms with van der Waals surface area (Å²) in [5.74, 6) is -1.74. The third kappa shape index (κ3) is 4.08. The van der Waals surface area contributed by atoms with E-state index in [0.29, 0.717) is 0 Å². The van der Waals surface area contributed by atoms with Crippen LogP contribution in [0.2, 0.25) is 0 Å². The molecule has 0 spiro atoms. The fourth-order valence-electron chi connectivity index (χ4n) is 3.23. The summed E-state index contributed by atoms with van der Waals surface area (Å²) in [6.45, 7) is 1.15. The maximum absolute atomic E-state index is 12.1. The van der Waals surface area contributed by atoms with Crippen LogP contribution in [-0.4, -0.2) is 42.3 Å². The minimum atomic E-state index is -1.26. The lowest BCUT2D eigenvalue weighted by atomic mass is 9.98. The van der Waals surface area contributed by atoms with Gasteiger partial charge in [-0.3, -0.25) is 4.79 Å². The highest BCUT2D eigenvalue weighted by Crippen LogP contribution is 2.44. The molecule has 1 aliphatic rings. The summed E-state index contributed by atoms with van der Waals surface area (Å²) in [5, 5.41) is 13.8. The normalized spacial score (nSPS) is 13.2. The van der Waals surface area contributed by atoms with Crippen LogP contribution in [0.1, 0.15) is 24.0 Å². The third-order valence-electron chi connectivity index (χ3n) is 4.49. The molecule has 3 rings (SSSR count). The predicted octanol–water partition coefficient (Wildman–Crippen LogP) is 2.11. The zero-order valence-corrected chi connectivity index (χ0v) is 14.8. The van der Waals surface area contributed by atoms with E-state index < -0.39 is 18.1 Å². The Morgan fingerprint density at radius 3 is 2.11 bits per heavy atom. The molecule has 140 valence electrons. The van der Waals surface area contributed by atoms with Gasteiger partial charge in [-0.15, -0.1) is 0 Å². The van der Waals surface area contributed by atoms with E-state index in [4.69, 9.17) is 9.84 Å². The van der Waals surface area contributed by atoms with Gasteiger partial charge in [0.05, 0.1) is 0 Å². The summed E-state index contributed by atoms with van der Waals surface area (Å²) in [4.78, 5) is 34.2. The number of benzene rings is 2. The number of hydrogen-bond acceptors (Lipinski definition) is 4. The van der Waals surface area contributed by atoms with E-state index in [9.17, 15) is 14.4 Å². The van der Waals surface area contributed by atoms with Crippen LogP contribution >= 0.6 is 0 Å². The lowest BCUT2D eigenvalue weighted by molar-refractivity contribution is -0.139. The fraction of sp³-hybridized carbons (Fsp3) is 0.250. The molecule has 27 heavy (non-hydrogen) atoms. The van der Waals surface area contributed by atoms with Crippen molar-refractivity contribution in [2.45, 2.75) is 18.9 Å².